The number of amides is 1. The second-order valence-electron chi connectivity index (χ2n) is 5.54. The molecular weight excluding hydrogens is 242 g/mol. The topological polar surface area (TPSA) is 50.5 Å². The molecule has 2 fully saturated rings. The first-order valence-electron chi connectivity index (χ1n) is 7.13. The molecule has 2 atom stereocenters. The summed E-state index contributed by atoms with van der Waals surface area (Å²) in [5.41, 5.74) is 0.593. The molecule has 1 aromatic rings. The number of hydrogen-bond acceptors (Lipinski definition) is 3. The second-order valence-corrected chi connectivity index (χ2v) is 5.54. The van der Waals surface area contributed by atoms with E-state index in [2.05, 4.69) is 0 Å². The van der Waals surface area contributed by atoms with Crippen LogP contribution in [0.15, 0.2) is 23.0 Å². The number of ketones is 1. The van der Waals surface area contributed by atoms with E-state index in [0.717, 1.165) is 38.6 Å². The van der Waals surface area contributed by atoms with E-state index < -0.39 is 0 Å². The fraction of sp³-hybridized carbons (Fsp3) is 0.600. The van der Waals surface area contributed by atoms with Gasteiger partial charge in [-0.25, -0.2) is 0 Å². The minimum atomic E-state index is 0.00891. The van der Waals surface area contributed by atoms with Gasteiger partial charge in [-0.1, -0.05) is 6.42 Å². The maximum Gasteiger partial charge on any atom is 0.257 e. The highest BCUT2D eigenvalue weighted by Gasteiger charge is 2.39. The molecule has 0 N–H and O–H groups in total. The molecule has 2 unspecified atom stereocenters. The quantitative estimate of drug-likeness (QED) is 0.822. The first-order valence-corrected chi connectivity index (χ1v) is 7.13. The highest BCUT2D eigenvalue weighted by Crippen LogP contribution is 2.33. The van der Waals surface area contributed by atoms with Crippen molar-refractivity contribution in [1.82, 2.24) is 4.90 Å². The molecule has 2 aliphatic rings. The number of likely N-dealkylation sites (tertiary alicyclic amines) is 1. The number of furan rings is 1. The Morgan fingerprint density at radius 1 is 1.26 bits per heavy atom. The molecule has 1 amide bonds. The van der Waals surface area contributed by atoms with Crippen LogP contribution in [0.1, 0.15) is 48.9 Å². The zero-order valence-electron chi connectivity index (χ0n) is 11.0. The number of rotatable bonds is 2. The summed E-state index contributed by atoms with van der Waals surface area (Å²) in [4.78, 5) is 26.4. The minimum absolute atomic E-state index is 0.00891. The summed E-state index contributed by atoms with van der Waals surface area (Å²) in [7, 11) is 0. The lowest BCUT2D eigenvalue weighted by Crippen LogP contribution is -2.43. The van der Waals surface area contributed by atoms with Crippen molar-refractivity contribution in [2.45, 2.75) is 44.6 Å². The van der Waals surface area contributed by atoms with Crippen LogP contribution in [0.3, 0.4) is 0 Å². The third-order valence-electron chi connectivity index (χ3n) is 4.39. The molecule has 4 heteroatoms. The van der Waals surface area contributed by atoms with Gasteiger partial charge in [-0.3, -0.25) is 9.59 Å². The zero-order valence-corrected chi connectivity index (χ0v) is 11.0. The summed E-state index contributed by atoms with van der Waals surface area (Å²) in [6.07, 6.45) is 8.72. The van der Waals surface area contributed by atoms with Crippen LogP contribution in [0.4, 0.5) is 0 Å². The van der Waals surface area contributed by atoms with Crippen LogP contribution in [0.2, 0.25) is 0 Å². The van der Waals surface area contributed by atoms with Crippen LogP contribution in [0.5, 0.6) is 0 Å². The molecule has 4 nitrogen and oxygen atoms in total. The van der Waals surface area contributed by atoms with Gasteiger partial charge in [0.05, 0.1) is 11.8 Å². The average molecular weight is 261 g/mol. The predicted octanol–water partition coefficient (Wildman–Crippen LogP) is 2.64. The number of carbonyl (C=O) groups is 2. The third-order valence-corrected chi connectivity index (χ3v) is 4.39. The van der Waals surface area contributed by atoms with Gasteiger partial charge in [-0.2, -0.15) is 0 Å². The molecule has 19 heavy (non-hydrogen) atoms. The molecule has 1 saturated carbocycles. The van der Waals surface area contributed by atoms with Crippen LogP contribution in [-0.2, 0) is 4.79 Å². The van der Waals surface area contributed by atoms with Crippen LogP contribution < -0.4 is 0 Å². The van der Waals surface area contributed by atoms with Crippen molar-refractivity contribution in [3.8, 4) is 0 Å². The number of nitrogens with zero attached hydrogens (tertiary/aromatic N) is 1. The molecule has 1 aromatic heterocycles. The molecule has 0 spiro atoms. The van der Waals surface area contributed by atoms with E-state index in [-0.39, 0.29) is 17.9 Å². The summed E-state index contributed by atoms with van der Waals surface area (Å²) in [6.45, 7) is 0.762. The third kappa shape index (κ3) is 2.31. The van der Waals surface area contributed by atoms with Gasteiger partial charge in [-0.15, -0.1) is 0 Å². The fourth-order valence-electron chi connectivity index (χ4n) is 3.43. The first-order chi connectivity index (χ1) is 9.27. The van der Waals surface area contributed by atoms with E-state index >= 15 is 0 Å². The monoisotopic (exact) mass is 261 g/mol. The second kappa shape index (κ2) is 5.19. The Morgan fingerprint density at radius 3 is 2.89 bits per heavy atom. The van der Waals surface area contributed by atoms with E-state index in [0.29, 0.717) is 17.8 Å². The van der Waals surface area contributed by atoms with E-state index in [1.54, 1.807) is 6.07 Å². The standard InChI is InChI=1S/C15H19NO3/c17-14-6-2-1-4-12(14)13-5-3-8-16(13)15(18)11-7-9-19-10-11/h7,9-10,12-13H,1-6,8H2. The molecule has 102 valence electrons. The van der Waals surface area contributed by atoms with Gasteiger partial charge >= 0.3 is 0 Å². The number of Topliss-reactive ketones (excluding diaryl/α,β-unsaturated/α-hetero) is 1. The average Bonchev–Trinajstić information content (AvgIpc) is 3.10. The van der Waals surface area contributed by atoms with Crippen LogP contribution in [0.25, 0.3) is 0 Å². The summed E-state index contributed by atoms with van der Waals surface area (Å²) >= 11 is 0. The smallest absolute Gasteiger partial charge is 0.257 e. The van der Waals surface area contributed by atoms with Crippen molar-refractivity contribution in [3.63, 3.8) is 0 Å². The summed E-state index contributed by atoms with van der Waals surface area (Å²) in [6, 6.07) is 1.80. The SMILES string of the molecule is O=C1CCCCC1C1CCCN1C(=O)c1ccoc1. The Kier molecular flexibility index (Phi) is 3.40. The van der Waals surface area contributed by atoms with E-state index in [1.165, 1.54) is 12.5 Å². The Labute approximate surface area is 112 Å². The largest absolute Gasteiger partial charge is 0.472 e. The molecule has 0 aromatic carbocycles. The molecule has 0 radical (unpaired) electrons. The van der Waals surface area contributed by atoms with Crippen LogP contribution in [-0.4, -0.2) is 29.2 Å². The highest BCUT2D eigenvalue weighted by molar-refractivity contribution is 5.94. The Hall–Kier alpha value is -1.58. The van der Waals surface area contributed by atoms with Gasteiger partial charge in [0, 0.05) is 24.9 Å². The van der Waals surface area contributed by atoms with Gasteiger partial charge in [0.1, 0.15) is 12.0 Å². The van der Waals surface area contributed by atoms with Gasteiger partial charge in [0.15, 0.2) is 0 Å². The normalized spacial score (nSPS) is 27.8. The summed E-state index contributed by atoms with van der Waals surface area (Å²) in [5.74, 6) is 0.421. The fourth-order valence-corrected chi connectivity index (χ4v) is 3.43. The van der Waals surface area contributed by atoms with Crippen molar-refractivity contribution >= 4 is 11.7 Å². The van der Waals surface area contributed by atoms with Crippen molar-refractivity contribution in [2.24, 2.45) is 5.92 Å². The Morgan fingerprint density at radius 2 is 2.16 bits per heavy atom. The van der Waals surface area contributed by atoms with Crippen molar-refractivity contribution in [3.05, 3.63) is 24.2 Å². The van der Waals surface area contributed by atoms with Crippen molar-refractivity contribution in [1.29, 1.82) is 0 Å². The van der Waals surface area contributed by atoms with Crippen LogP contribution >= 0.6 is 0 Å². The summed E-state index contributed by atoms with van der Waals surface area (Å²) < 4.78 is 4.98. The molecular formula is C15H19NO3. The molecule has 0 bridgehead atoms. The minimum Gasteiger partial charge on any atom is -0.472 e. The molecule has 1 aliphatic carbocycles. The van der Waals surface area contributed by atoms with E-state index in [4.69, 9.17) is 4.42 Å². The lowest BCUT2D eigenvalue weighted by molar-refractivity contribution is -0.126. The molecule has 2 heterocycles. The van der Waals surface area contributed by atoms with E-state index in [1.807, 2.05) is 4.90 Å². The first kappa shape index (κ1) is 12.5. The predicted molar refractivity (Wildman–Crippen MR) is 69.7 cm³/mol. The van der Waals surface area contributed by atoms with Crippen molar-refractivity contribution < 1.29 is 14.0 Å². The summed E-state index contributed by atoms with van der Waals surface area (Å²) in [5, 5.41) is 0. The molecule has 3 rings (SSSR count). The van der Waals surface area contributed by atoms with Gasteiger partial charge in [0.25, 0.3) is 5.91 Å². The van der Waals surface area contributed by atoms with Gasteiger partial charge < -0.3 is 9.32 Å². The van der Waals surface area contributed by atoms with Crippen LogP contribution in [0, 0.1) is 5.92 Å². The highest BCUT2D eigenvalue weighted by atomic mass is 16.3. The Balaban J connectivity index is 1.77. The number of hydrogen-bond donors (Lipinski definition) is 0. The van der Waals surface area contributed by atoms with Gasteiger partial charge in [-0.05, 0) is 31.7 Å². The molecule has 1 aliphatic heterocycles. The van der Waals surface area contributed by atoms with E-state index in [9.17, 15) is 9.59 Å². The Bertz CT molecular complexity index is 466. The van der Waals surface area contributed by atoms with Crippen molar-refractivity contribution in [2.75, 3.05) is 6.54 Å². The lowest BCUT2D eigenvalue weighted by atomic mass is 9.81. The lowest BCUT2D eigenvalue weighted by Gasteiger charge is -2.32. The number of carbonyl (C=O) groups excluding carboxylic acids is 2. The maximum absolute atomic E-state index is 12.4. The molecule has 1 saturated heterocycles. The maximum atomic E-state index is 12.4. The van der Waals surface area contributed by atoms with Gasteiger partial charge in [0.2, 0.25) is 0 Å². The zero-order chi connectivity index (χ0) is 13.2.